The van der Waals surface area contributed by atoms with Crippen LogP contribution in [0.2, 0.25) is 0 Å². The van der Waals surface area contributed by atoms with Gasteiger partial charge in [-0.15, -0.1) is 0 Å². The Balaban J connectivity index is 2.53. The van der Waals surface area contributed by atoms with Crippen molar-refractivity contribution in [2.75, 3.05) is 0 Å². The van der Waals surface area contributed by atoms with Crippen LogP contribution in [-0.4, -0.2) is 15.8 Å². The number of carbonyl (C=O) groups excluding carboxylic acids is 1. The number of hydrogen-bond donors (Lipinski definition) is 0. The lowest BCUT2D eigenvalue weighted by atomic mass is 10.1. The smallest absolute Gasteiger partial charge is 0.150 e. The number of hydrogen-bond acceptors (Lipinski definition) is 2. The molecule has 0 spiro atoms. The molecular weight excluding hydrogens is 212 g/mol. The predicted octanol–water partition coefficient (Wildman–Crippen LogP) is 3.12. The molecule has 0 atom stereocenters. The molecule has 0 saturated heterocycles. The van der Waals surface area contributed by atoms with Crippen molar-refractivity contribution >= 4 is 6.29 Å². The van der Waals surface area contributed by atoms with Gasteiger partial charge in [-0.1, -0.05) is 18.2 Å². The number of aromatic nitrogens is 2. The molecule has 0 saturated carbocycles. The molecule has 2 rings (SSSR count). The summed E-state index contributed by atoms with van der Waals surface area (Å²) in [7, 11) is 0. The lowest BCUT2D eigenvalue weighted by Crippen LogP contribution is -2.21. The summed E-state index contributed by atoms with van der Waals surface area (Å²) in [5.74, 6) is 0. The van der Waals surface area contributed by atoms with E-state index in [-0.39, 0.29) is 5.54 Å². The summed E-state index contributed by atoms with van der Waals surface area (Å²) in [5, 5.41) is 0. The first-order valence-electron chi connectivity index (χ1n) is 5.61. The van der Waals surface area contributed by atoms with Gasteiger partial charge in [-0.3, -0.25) is 4.79 Å². The fraction of sp³-hybridized carbons (Fsp3) is 0.286. The van der Waals surface area contributed by atoms with Crippen LogP contribution in [0, 0.1) is 0 Å². The number of aldehydes is 1. The Bertz CT molecular complexity index is 535. The van der Waals surface area contributed by atoms with Gasteiger partial charge in [0.2, 0.25) is 0 Å². The van der Waals surface area contributed by atoms with Crippen molar-refractivity contribution in [2.45, 2.75) is 26.3 Å². The van der Waals surface area contributed by atoms with Crippen LogP contribution in [-0.2, 0) is 5.54 Å². The summed E-state index contributed by atoms with van der Waals surface area (Å²) in [4.78, 5) is 15.0. The van der Waals surface area contributed by atoms with Crippen LogP contribution >= 0.6 is 0 Å². The van der Waals surface area contributed by atoms with Gasteiger partial charge in [0, 0.05) is 16.7 Å². The maximum atomic E-state index is 10.8. The molecular formula is C14H16N2O. The van der Waals surface area contributed by atoms with E-state index < -0.39 is 0 Å². The Morgan fingerprint density at radius 3 is 2.71 bits per heavy atom. The highest BCUT2D eigenvalue weighted by Crippen LogP contribution is 2.25. The summed E-state index contributed by atoms with van der Waals surface area (Å²) in [6.45, 7) is 6.38. The number of carbonyl (C=O) groups is 1. The monoisotopic (exact) mass is 228 g/mol. The van der Waals surface area contributed by atoms with Gasteiger partial charge >= 0.3 is 0 Å². The van der Waals surface area contributed by atoms with Crippen molar-refractivity contribution < 1.29 is 4.79 Å². The first-order chi connectivity index (χ1) is 8.02. The van der Waals surface area contributed by atoms with E-state index in [0.29, 0.717) is 5.56 Å². The standard InChI is InChI=1S/C14H16N2O/c1-14(2,3)16-10-15-8-13(16)12-6-4-5-11(7-12)9-17/h4-10H,1-3H3. The second kappa shape index (κ2) is 4.17. The molecule has 3 nitrogen and oxygen atoms in total. The Morgan fingerprint density at radius 2 is 2.06 bits per heavy atom. The van der Waals surface area contributed by atoms with Crippen molar-refractivity contribution in [2.24, 2.45) is 0 Å². The second-order valence-corrected chi connectivity index (χ2v) is 5.06. The van der Waals surface area contributed by atoms with E-state index in [4.69, 9.17) is 0 Å². The molecule has 1 aromatic heterocycles. The lowest BCUT2D eigenvalue weighted by Gasteiger charge is -2.23. The molecule has 1 aromatic carbocycles. The maximum Gasteiger partial charge on any atom is 0.150 e. The molecule has 0 N–H and O–H groups in total. The fourth-order valence-corrected chi connectivity index (χ4v) is 1.81. The quantitative estimate of drug-likeness (QED) is 0.740. The first-order valence-corrected chi connectivity index (χ1v) is 5.61. The summed E-state index contributed by atoms with van der Waals surface area (Å²) >= 11 is 0. The van der Waals surface area contributed by atoms with E-state index in [0.717, 1.165) is 17.5 Å². The van der Waals surface area contributed by atoms with E-state index >= 15 is 0 Å². The summed E-state index contributed by atoms with van der Waals surface area (Å²) in [6, 6.07) is 7.56. The number of benzene rings is 1. The molecule has 2 aromatic rings. The molecule has 0 unspecified atom stereocenters. The van der Waals surface area contributed by atoms with Crippen LogP contribution in [0.15, 0.2) is 36.8 Å². The van der Waals surface area contributed by atoms with E-state index in [1.807, 2.05) is 30.7 Å². The fourth-order valence-electron chi connectivity index (χ4n) is 1.81. The lowest BCUT2D eigenvalue weighted by molar-refractivity contribution is 0.112. The molecule has 17 heavy (non-hydrogen) atoms. The van der Waals surface area contributed by atoms with Gasteiger partial charge in [-0.05, 0) is 26.8 Å². The number of rotatable bonds is 2. The minimum absolute atomic E-state index is 0.0248. The van der Waals surface area contributed by atoms with Gasteiger partial charge in [0.1, 0.15) is 6.29 Å². The third-order valence-corrected chi connectivity index (χ3v) is 2.68. The molecule has 0 bridgehead atoms. The van der Waals surface area contributed by atoms with Gasteiger partial charge in [0.25, 0.3) is 0 Å². The molecule has 0 aliphatic carbocycles. The number of imidazole rings is 1. The SMILES string of the molecule is CC(C)(C)n1cncc1-c1cccc(C=O)c1. The molecule has 1 heterocycles. The van der Waals surface area contributed by atoms with Crippen LogP contribution in [0.25, 0.3) is 11.3 Å². The third-order valence-electron chi connectivity index (χ3n) is 2.68. The van der Waals surface area contributed by atoms with E-state index in [9.17, 15) is 4.79 Å². The van der Waals surface area contributed by atoms with Crippen molar-refractivity contribution in [3.05, 3.63) is 42.4 Å². The largest absolute Gasteiger partial charge is 0.325 e. The van der Waals surface area contributed by atoms with Crippen LogP contribution in [0.4, 0.5) is 0 Å². The van der Waals surface area contributed by atoms with Crippen molar-refractivity contribution in [3.8, 4) is 11.3 Å². The van der Waals surface area contributed by atoms with Gasteiger partial charge in [0.15, 0.2) is 0 Å². The van der Waals surface area contributed by atoms with Crippen LogP contribution in [0.1, 0.15) is 31.1 Å². The van der Waals surface area contributed by atoms with E-state index in [1.54, 1.807) is 6.07 Å². The zero-order valence-electron chi connectivity index (χ0n) is 10.3. The zero-order valence-corrected chi connectivity index (χ0v) is 10.3. The topological polar surface area (TPSA) is 34.9 Å². The highest BCUT2D eigenvalue weighted by Gasteiger charge is 2.17. The van der Waals surface area contributed by atoms with Gasteiger partial charge in [0.05, 0.1) is 18.2 Å². The Morgan fingerprint density at radius 1 is 1.29 bits per heavy atom. The molecule has 0 aliphatic rings. The normalized spacial score (nSPS) is 11.5. The minimum atomic E-state index is -0.0248. The van der Waals surface area contributed by atoms with Crippen LogP contribution in [0.3, 0.4) is 0 Å². The van der Waals surface area contributed by atoms with Crippen LogP contribution < -0.4 is 0 Å². The van der Waals surface area contributed by atoms with Crippen LogP contribution in [0.5, 0.6) is 0 Å². The number of nitrogens with zero attached hydrogens (tertiary/aromatic N) is 2. The molecule has 0 radical (unpaired) electrons. The Hall–Kier alpha value is -1.90. The van der Waals surface area contributed by atoms with E-state index in [2.05, 4.69) is 30.3 Å². The highest BCUT2D eigenvalue weighted by atomic mass is 16.1. The average molecular weight is 228 g/mol. The first kappa shape index (κ1) is 11.6. The average Bonchev–Trinajstić information content (AvgIpc) is 2.77. The highest BCUT2D eigenvalue weighted by molar-refractivity contribution is 5.78. The predicted molar refractivity (Wildman–Crippen MR) is 68.0 cm³/mol. The van der Waals surface area contributed by atoms with Crippen molar-refractivity contribution in [1.29, 1.82) is 0 Å². The van der Waals surface area contributed by atoms with E-state index in [1.165, 1.54) is 0 Å². The van der Waals surface area contributed by atoms with Gasteiger partial charge in [-0.25, -0.2) is 4.98 Å². The maximum absolute atomic E-state index is 10.8. The molecule has 0 aliphatic heterocycles. The second-order valence-electron chi connectivity index (χ2n) is 5.06. The molecule has 0 amide bonds. The van der Waals surface area contributed by atoms with Crippen molar-refractivity contribution in [1.82, 2.24) is 9.55 Å². The minimum Gasteiger partial charge on any atom is -0.325 e. The van der Waals surface area contributed by atoms with Gasteiger partial charge < -0.3 is 4.57 Å². The molecule has 0 fully saturated rings. The summed E-state index contributed by atoms with van der Waals surface area (Å²) in [5.41, 5.74) is 2.70. The molecule has 3 heteroatoms. The summed E-state index contributed by atoms with van der Waals surface area (Å²) in [6.07, 6.45) is 4.51. The zero-order chi connectivity index (χ0) is 12.5. The summed E-state index contributed by atoms with van der Waals surface area (Å²) < 4.78 is 2.11. The Labute approximate surface area is 101 Å². The Kier molecular flexibility index (Phi) is 2.84. The third kappa shape index (κ3) is 2.28. The molecule has 88 valence electrons. The van der Waals surface area contributed by atoms with Crippen molar-refractivity contribution in [3.63, 3.8) is 0 Å². The van der Waals surface area contributed by atoms with Gasteiger partial charge in [-0.2, -0.15) is 0 Å².